The van der Waals surface area contributed by atoms with E-state index >= 15 is 0 Å². The molecule has 2 unspecified atom stereocenters. The predicted molar refractivity (Wildman–Crippen MR) is 67.2 cm³/mol. The van der Waals surface area contributed by atoms with Gasteiger partial charge in [-0.1, -0.05) is 13.8 Å². The number of hydrogen-bond donors (Lipinski definition) is 1. The minimum Gasteiger partial charge on any atom is -0.313 e. The van der Waals surface area contributed by atoms with Crippen LogP contribution in [0.3, 0.4) is 0 Å². The molecule has 1 saturated heterocycles. The van der Waals surface area contributed by atoms with Crippen LogP contribution >= 0.6 is 0 Å². The topological polar surface area (TPSA) is 15.3 Å². The summed E-state index contributed by atoms with van der Waals surface area (Å²) in [6, 6.07) is 1.31. The molecule has 2 nitrogen and oxygen atoms in total. The van der Waals surface area contributed by atoms with Gasteiger partial charge < -0.3 is 5.32 Å². The maximum atomic E-state index is 3.61. The maximum Gasteiger partial charge on any atom is 0.0226 e. The number of nitrogens with zero attached hydrogens (tertiary/aromatic N) is 1. The highest BCUT2D eigenvalue weighted by atomic mass is 15.3. The van der Waals surface area contributed by atoms with E-state index in [4.69, 9.17) is 0 Å². The first kappa shape index (κ1) is 13.0. The molecule has 1 N–H and O–H groups in total. The summed E-state index contributed by atoms with van der Waals surface area (Å²) in [6.07, 6.45) is 3.93. The van der Waals surface area contributed by atoms with Crippen LogP contribution in [0, 0.1) is 0 Å². The van der Waals surface area contributed by atoms with Crippen LogP contribution in [0.15, 0.2) is 0 Å². The minimum absolute atomic E-state index is 0.405. The molecule has 90 valence electrons. The van der Waals surface area contributed by atoms with Crippen LogP contribution in [0.1, 0.15) is 53.9 Å². The van der Waals surface area contributed by atoms with Gasteiger partial charge >= 0.3 is 0 Å². The predicted octanol–water partition coefficient (Wildman–Crippen LogP) is 2.64. The Morgan fingerprint density at radius 1 is 1.33 bits per heavy atom. The molecule has 1 aliphatic rings. The molecule has 0 aromatic heterocycles. The standard InChI is InChI=1S/C13H28N2/c1-6-12(14-7-2)11(3)15-10-8-9-13(15,4)5/h11-12,14H,6-10H2,1-5H3. The Labute approximate surface area is 95.4 Å². The Morgan fingerprint density at radius 3 is 2.40 bits per heavy atom. The van der Waals surface area contributed by atoms with Crippen molar-refractivity contribution in [3.8, 4) is 0 Å². The summed E-state index contributed by atoms with van der Waals surface area (Å²) in [5, 5.41) is 3.61. The van der Waals surface area contributed by atoms with Crippen LogP contribution in [-0.4, -0.2) is 35.6 Å². The average Bonchev–Trinajstić information content (AvgIpc) is 2.53. The summed E-state index contributed by atoms with van der Waals surface area (Å²) >= 11 is 0. The Hall–Kier alpha value is -0.0800. The molecule has 1 aliphatic heterocycles. The molecule has 0 spiro atoms. The molecule has 0 amide bonds. The second-order valence-corrected chi connectivity index (χ2v) is 5.42. The van der Waals surface area contributed by atoms with E-state index in [1.54, 1.807) is 0 Å². The molecule has 0 aliphatic carbocycles. The first-order valence-electron chi connectivity index (χ1n) is 6.53. The van der Waals surface area contributed by atoms with Crippen molar-refractivity contribution >= 4 is 0 Å². The zero-order valence-electron chi connectivity index (χ0n) is 11.1. The van der Waals surface area contributed by atoms with Gasteiger partial charge in [-0.15, -0.1) is 0 Å². The van der Waals surface area contributed by atoms with E-state index in [1.165, 1.54) is 25.8 Å². The third-order valence-electron chi connectivity index (χ3n) is 3.95. The molecule has 0 aromatic rings. The maximum absolute atomic E-state index is 3.61. The van der Waals surface area contributed by atoms with Crippen LogP contribution in [0.2, 0.25) is 0 Å². The van der Waals surface area contributed by atoms with Gasteiger partial charge in [0.2, 0.25) is 0 Å². The lowest BCUT2D eigenvalue weighted by Crippen LogP contribution is -2.53. The fraction of sp³-hybridized carbons (Fsp3) is 1.00. The minimum atomic E-state index is 0.405. The van der Waals surface area contributed by atoms with Gasteiger partial charge in [0, 0.05) is 17.6 Å². The molecular weight excluding hydrogens is 184 g/mol. The number of likely N-dealkylation sites (tertiary alicyclic amines) is 1. The zero-order chi connectivity index (χ0) is 11.5. The molecule has 0 saturated carbocycles. The van der Waals surface area contributed by atoms with Crippen molar-refractivity contribution in [3.05, 3.63) is 0 Å². The van der Waals surface area contributed by atoms with Crippen molar-refractivity contribution in [1.82, 2.24) is 10.2 Å². The van der Waals surface area contributed by atoms with Crippen LogP contribution in [0.25, 0.3) is 0 Å². The first-order chi connectivity index (χ1) is 7.03. The fourth-order valence-corrected chi connectivity index (χ4v) is 3.02. The quantitative estimate of drug-likeness (QED) is 0.753. The van der Waals surface area contributed by atoms with Crippen molar-refractivity contribution in [2.75, 3.05) is 13.1 Å². The van der Waals surface area contributed by atoms with Crippen LogP contribution in [0.5, 0.6) is 0 Å². The van der Waals surface area contributed by atoms with Crippen LogP contribution < -0.4 is 5.32 Å². The van der Waals surface area contributed by atoms with E-state index in [0.29, 0.717) is 17.6 Å². The molecule has 0 aromatic carbocycles. The SMILES string of the molecule is CCNC(CC)C(C)N1CCCC1(C)C. The lowest BCUT2D eigenvalue weighted by Gasteiger charge is -2.40. The first-order valence-corrected chi connectivity index (χ1v) is 6.53. The second-order valence-electron chi connectivity index (χ2n) is 5.42. The number of nitrogens with one attached hydrogen (secondary N) is 1. The van der Waals surface area contributed by atoms with E-state index in [-0.39, 0.29) is 0 Å². The van der Waals surface area contributed by atoms with Gasteiger partial charge in [-0.25, -0.2) is 0 Å². The monoisotopic (exact) mass is 212 g/mol. The van der Waals surface area contributed by atoms with Gasteiger partial charge in [-0.05, 0) is 53.1 Å². The van der Waals surface area contributed by atoms with Crippen molar-refractivity contribution < 1.29 is 0 Å². The Morgan fingerprint density at radius 2 is 2.00 bits per heavy atom. The van der Waals surface area contributed by atoms with E-state index < -0.39 is 0 Å². The van der Waals surface area contributed by atoms with Gasteiger partial charge in [0.25, 0.3) is 0 Å². The van der Waals surface area contributed by atoms with Crippen LogP contribution in [-0.2, 0) is 0 Å². The Bertz CT molecular complexity index is 189. The highest BCUT2D eigenvalue weighted by molar-refractivity contribution is 4.94. The third kappa shape index (κ3) is 2.94. The number of likely N-dealkylation sites (N-methyl/N-ethyl adjacent to an activating group) is 1. The van der Waals surface area contributed by atoms with E-state index in [0.717, 1.165) is 6.54 Å². The van der Waals surface area contributed by atoms with Crippen LogP contribution in [0.4, 0.5) is 0 Å². The lowest BCUT2D eigenvalue weighted by atomic mass is 9.97. The summed E-state index contributed by atoms with van der Waals surface area (Å²) < 4.78 is 0. The summed E-state index contributed by atoms with van der Waals surface area (Å²) in [7, 11) is 0. The fourth-order valence-electron chi connectivity index (χ4n) is 3.02. The Balaban J connectivity index is 2.61. The van der Waals surface area contributed by atoms with E-state index in [2.05, 4.69) is 44.8 Å². The van der Waals surface area contributed by atoms with E-state index in [9.17, 15) is 0 Å². The smallest absolute Gasteiger partial charge is 0.0226 e. The molecule has 1 heterocycles. The van der Waals surface area contributed by atoms with E-state index in [1.807, 2.05) is 0 Å². The average molecular weight is 212 g/mol. The highest BCUT2D eigenvalue weighted by Gasteiger charge is 2.36. The summed E-state index contributed by atoms with van der Waals surface area (Å²) in [5.41, 5.74) is 0.405. The molecule has 0 bridgehead atoms. The Kier molecular flexibility index (Phi) is 4.60. The van der Waals surface area contributed by atoms with Crippen molar-refractivity contribution in [2.24, 2.45) is 0 Å². The van der Waals surface area contributed by atoms with Gasteiger partial charge in [0.05, 0.1) is 0 Å². The molecule has 2 atom stereocenters. The van der Waals surface area contributed by atoms with Crippen molar-refractivity contribution in [2.45, 2.75) is 71.5 Å². The van der Waals surface area contributed by atoms with Gasteiger partial charge in [0.15, 0.2) is 0 Å². The highest BCUT2D eigenvalue weighted by Crippen LogP contribution is 2.31. The summed E-state index contributed by atoms with van der Waals surface area (Å²) in [4.78, 5) is 2.68. The molecule has 2 heteroatoms. The normalized spacial score (nSPS) is 25.4. The van der Waals surface area contributed by atoms with Crippen molar-refractivity contribution in [1.29, 1.82) is 0 Å². The number of rotatable bonds is 5. The largest absolute Gasteiger partial charge is 0.313 e. The number of hydrogen-bond acceptors (Lipinski definition) is 2. The molecule has 1 rings (SSSR count). The molecule has 0 radical (unpaired) electrons. The molecule has 15 heavy (non-hydrogen) atoms. The third-order valence-corrected chi connectivity index (χ3v) is 3.95. The van der Waals surface area contributed by atoms with Crippen molar-refractivity contribution in [3.63, 3.8) is 0 Å². The van der Waals surface area contributed by atoms with Gasteiger partial charge in [-0.2, -0.15) is 0 Å². The molecular formula is C13H28N2. The summed E-state index contributed by atoms with van der Waals surface area (Å²) in [6.45, 7) is 14.0. The van der Waals surface area contributed by atoms with Gasteiger partial charge in [0.1, 0.15) is 0 Å². The lowest BCUT2D eigenvalue weighted by molar-refractivity contribution is 0.0981. The second kappa shape index (κ2) is 5.31. The summed E-state index contributed by atoms with van der Waals surface area (Å²) in [5.74, 6) is 0. The van der Waals surface area contributed by atoms with Gasteiger partial charge in [-0.3, -0.25) is 4.90 Å². The zero-order valence-corrected chi connectivity index (χ0v) is 11.1. The molecule has 1 fully saturated rings.